The summed E-state index contributed by atoms with van der Waals surface area (Å²) >= 11 is 1.80. The predicted octanol–water partition coefficient (Wildman–Crippen LogP) is 1.22. The summed E-state index contributed by atoms with van der Waals surface area (Å²) in [6.07, 6.45) is 3.72. The van der Waals surface area contributed by atoms with Crippen molar-refractivity contribution in [1.29, 1.82) is 0 Å². The second-order valence-electron chi connectivity index (χ2n) is 2.73. The monoisotopic (exact) mass is 198 g/mol. The van der Waals surface area contributed by atoms with E-state index in [1.165, 1.54) is 0 Å². The molecule has 3 N–H and O–H groups in total. The molecular formula is C8H14N4S. The zero-order chi connectivity index (χ0) is 9.68. The van der Waals surface area contributed by atoms with Gasteiger partial charge in [-0.05, 0) is 12.3 Å². The number of hydrogen-bond donors (Lipinski definition) is 2. The highest BCUT2D eigenvalue weighted by atomic mass is 32.2. The Morgan fingerprint density at radius 2 is 2.46 bits per heavy atom. The smallest absolute Gasteiger partial charge is 0.224 e. The van der Waals surface area contributed by atoms with Crippen molar-refractivity contribution in [2.24, 2.45) is 0 Å². The molecule has 1 atom stereocenters. The normalized spacial score (nSPS) is 12.5. The first kappa shape index (κ1) is 10.1. The van der Waals surface area contributed by atoms with Gasteiger partial charge in [-0.2, -0.15) is 16.7 Å². The van der Waals surface area contributed by atoms with E-state index in [0.717, 1.165) is 6.54 Å². The molecule has 13 heavy (non-hydrogen) atoms. The quantitative estimate of drug-likeness (QED) is 0.761. The van der Waals surface area contributed by atoms with E-state index in [4.69, 9.17) is 5.73 Å². The average Bonchev–Trinajstić information content (AvgIpc) is 2.14. The molecule has 0 aromatic carbocycles. The highest BCUT2D eigenvalue weighted by molar-refractivity contribution is 7.99. The fourth-order valence-corrected chi connectivity index (χ4v) is 1.03. The number of thioether (sulfide) groups is 1. The number of aromatic nitrogens is 2. The standard InChI is InChI=1S/C8H14N4S/c1-6(13-2)5-11-8-10-4-3-7(9)12-8/h3-4,6H,5H2,1-2H3,(H3,9,10,11,12). The van der Waals surface area contributed by atoms with Crippen LogP contribution < -0.4 is 11.1 Å². The number of nitrogens with one attached hydrogen (secondary N) is 1. The van der Waals surface area contributed by atoms with Crippen LogP contribution in [0, 0.1) is 0 Å². The minimum absolute atomic E-state index is 0.495. The molecule has 0 aliphatic heterocycles. The van der Waals surface area contributed by atoms with Crippen LogP contribution in [-0.2, 0) is 0 Å². The van der Waals surface area contributed by atoms with Crippen molar-refractivity contribution < 1.29 is 0 Å². The lowest BCUT2D eigenvalue weighted by Gasteiger charge is -2.09. The first-order valence-corrected chi connectivity index (χ1v) is 5.36. The molecule has 0 spiro atoms. The van der Waals surface area contributed by atoms with E-state index in [2.05, 4.69) is 28.5 Å². The molecule has 0 radical (unpaired) electrons. The van der Waals surface area contributed by atoms with Gasteiger partial charge in [-0.3, -0.25) is 0 Å². The fourth-order valence-electron chi connectivity index (χ4n) is 0.776. The number of hydrogen-bond acceptors (Lipinski definition) is 5. The van der Waals surface area contributed by atoms with E-state index < -0.39 is 0 Å². The largest absolute Gasteiger partial charge is 0.384 e. The van der Waals surface area contributed by atoms with Crippen LogP contribution in [-0.4, -0.2) is 28.0 Å². The summed E-state index contributed by atoms with van der Waals surface area (Å²) in [6.45, 7) is 2.99. The van der Waals surface area contributed by atoms with E-state index in [0.29, 0.717) is 17.0 Å². The van der Waals surface area contributed by atoms with Gasteiger partial charge in [0.25, 0.3) is 0 Å². The van der Waals surface area contributed by atoms with Crippen LogP contribution in [0.5, 0.6) is 0 Å². The van der Waals surface area contributed by atoms with Crippen molar-refractivity contribution in [2.45, 2.75) is 12.2 Å². The van der Waals surface area contributed by atoms with Gasteiger partial charge in [-0.1, -0.05) is 6.92 Å². The van der Waals surface area contributed by atoms with Gasteiger partial charge >= 0.3 is 0 Å². The Kier molecular flexibility index (Phi) is 3.82. The summed E-state index contributed by atoms with van der Waals surface area (Å²) in [5.41, 5.74) is 5.50. The summed E-state index contributed by atoms with van der Waals surface area (Å²) in [6, 6.07) is 1.67. The van der Waals surface area contributed by atoms with Gasteiger partial charge in [-0.15, -0.1) is 0 Å². The number of nitrogens with zero attached hydrogens (tertiary/aromatic N) is 2. The van der Waals surface area contributed by atoms with Gasteiger partial charge in [-0.25, -0.2) is 4.98 Å². The SMILES string of the molecule is CSC(C)CNc1nccc(N)n1. The molecule has 1 rings (SSSR count). The molecule has 1 unspecified atom stereocenters. The average molecular weight is 198 g/mol. The van der Waals surface area contributed by atoms with Crippen molar-refractivity contribution >= 4 is 23.5 Å². The van der Waals surface area contributed by atoms with Crippen molar-refractivity contribution in [1.82, 2.24) is 9.97 Å². The number of nitrogen functional groups attached to an aromatic ring is 1. The molecular weight excluding hydrogens is 184 g/mol. The van der Waals surface area contributed by atoms with Crippen LogP contribution in [0.25, 0.3) is 0 Å². The fraction of sp³-hybridized carbons (Fsp3) is 0.500. The van der Waals surface area contributed by atoms with Gasteiger partial charge in [0.05, 0.1) is 0 Å². The third-order valence-electron chi connectivity index (χ3n) is 1.63. The Morgan fingerprint density at radius 3 is 3.08 bits per heavy atom. The van der Waals surface area contributed by atoms with Crippen LogP contribution in [0.4, 0.5) is 11.8 Å². The first-order valence-electron chi connectivity index (χ1n) is 4.07. The van der Waals surface area contributed by atoms with Crippen molar-refractivity contribution in [3.63, 3.8) is 0 Å². The Balaban J connectivity index is 2.45. The zero-order valence-electron chi connectivity index (χ0n) is 7.82. The van der Waals surface area contributed by atoms with Crippen LogP contribution in [0.2, 0.25) is 0 Å². The van der Waals surface area contributed by atoms with Crippen LogP contribution >= 0.6 is 11.8 Å². The summed E-state index contributed by atoms with van der Waals surface area (Å²) in [5.74, 6) is 1.09. The molecule has 4 nitrogen and oxygen atoms in total. The Hall–Kier alpha value is -0.970. The first-order chi connectivity index (χ1) is 6.22. The number of nitrogens with two attached hydrogens (primary N) is 1. The van der Waals surface area contributed by atoms with E-state index in [-0.39, 0.29) is 0 Å². The van der Waals surface area contributed by atoms with Crippen molar-refractivity contribution in [3.05, 3.63) is 12.3 Å². The van der Waals surface area contributed by atoms with E-state index in [1.807, 2.05) is 0 Å². The summed E-state index contributed by atoms with van der Waals surface area (Å²) in [5, 5.41) is 3.66. The maximum atomic E-state index is 5.50. The van der Waals surface area contributed by atoms with Gasteiger partial charge in [0.2, 0.25) is 5.95 Å². The lowest BCUT2D eigenvalue weighted by Crippen LogP contribution is -2.14. The zero-order valence-corrected chi connectivity index (χ0v) is 8.64. The predicted molar refractivity (Wildman–Crippen MR) is 57.9 cm³/mol. The van der Waals surface area contributed by atoms with Gasteiger partial charge < -0.3 is 11.1 Å². The molecule has 0 amide bonds. The lowest BCUT2D eigenvalue weighted by atomic mass is 10.5. The summed E-state index contributed by atoms with van der Waals surface area (Å²) in [4.78, 5) is 8.06. The number of rotatable bonds is 4. The minimum atomic E-state index is 0.495. The Labute approximate surface area is 82.3 Å². The molecule has 0 fully saturated rings. The molecule has 0 saturated carbocycles. The highest BCUT2D eigenvalue weighted by Crippen LogP contribution is 2.06. The molecule has 0 bridgehead atoms. The molecule has 0 saturated heterocycles. The lowest BCUT2D eigenvalue weighted by molar-refractivity contribution is 0.973. The molecule has 72 valence electrons. The topological polar surface area (TPSA) is 63.8 Å². The van der Waals surface area contributed by atoms with Crippen LogP contribution in [0.1, 0.15) is 6.92 Å². The van der Waals surface area contributed by atoms with Crippen molar-refractivity contribution in [3.8, 4) is 0 Å². The van der Waals surface area contributed by atoms with Gasteiger partial charge in [0, 0.05) is 18.0 Å². The summed E-state index contributed by atoms with van der Waals surface area (Å²) < 4.78 is 0. The van der Waals surface area contributed by atoms with Crippen molar-refractivity contribution in [2.75, 3.05) is 23.9 Å². The van der Waals surface area contributed by atoms with Gasteiger partial charge in [0.1, 0.15) is 5.82 Å². The molecule has 1 heterocycles. The van der Waals surface area contributed by atoms with E-state index >= 15 is 0 Å². The maximum absolute atomic E-state index is 5.50. The molecule has 1 aromatic rings. The van der Waals surface area contributed by atoms with E-state index in [9.17, 15) is 0 Å². The van der Waals surface area contributed by atoms with Crippen LogP contribution in [0.15, 0.2) is 12.3 Å². The van der Waals surface area contributed by atoms with Gasteiger partial charge in [0.15, 0.2) is 0 Å². The third-order valence-corrected chi connectivity index (χ3v) is 2.60. The van der Waals surface area contributed by atoms with Crippen LogP contribution in [0.3, 0.4) is 0 Å². The Bertz CT molecular complexity index is 266. The maximum Gasteiger partial charge on any atom is 0.224 e. The second kappa shape index (κ2) is 4.91. The minimum Gasteiger partial charge on any atom is -0.384 e. The molecule has 5 heteroatoms. The molecule has 0 aliphatic carbocycles. The summed E-state index contributed by atoms with van der Waals surface area (Å²) in [7, 11) is 0. The Morgan fingerprint density at radius 1 is 1.69 bits per heavy atom. The highest BCUT2D eigenvalue weighted by Gasteiger charge is 2.00. The molecule has 0 aliphatic rings. The second-order valence-corrected chi connectivity index (χ2v) is 4.01. The number of anilines is 2. The molecule has 1 aromatic heterocycles. The van der Waals surface area contributed by atoms with E-state index in [1.54, 1.807) is 24.0 Å². The third kappa shape index (κ3) is 3.50.